The summed E-state index contributed by atoms with van der Waals surface area (Å²) in [5.74, 6) is -9.84. The molecule has 0 radical (unpaired) electrons. The normalized spacial score (nSPS) is 20.4. The first-order chi connectivity index (χ1) is 25.1. The predicted molar refractivity (Wildman–Crippen MR) is 178 cm³/mol. The van der Waals surface area contributed by atoms with Gasteiger partial charge in [0.1, 0.15) is 46.7 Å². The average Bonchev–Trinajstić information content (AvgIpc) is 3.10. The highest BCUT2D eigenvalue weighted by Gasteiger charge is 2.47. The fourth-order valence-electron chi connectivity index (χ4n) is 6.72. The highest BCUT2D eigenvalue weighted by molar-refractivity contribution is 5.91. The quantitative estimate of drug-likeness (QED) is 0.0899. The van der Waals surface area contributed by atoms with Crippen LogP contribution in [0.15, 0.2) is 66.7 Å². The Kier molecular flexibility index (Phi) is 8.18. The van der Waals surface area contributed by atoms with Crippen molar-refractivity contribution in [1.82, 2.24) is 0 Å². The number of aliphatic hydroxyl groups excluding tert-OH is 1. The van der Waals surface area contributed by atoms with E-state index in [1.807, 2.05) is 0 Å². The summed E-state index contributed by atoms with van der Waals surface area (Å²) in [6.45, 7) is 0. The SMILES string of the molecule is O=C(OC1Cc2c(O)cc(O)c(C3c4c(O)cc(O)cc4O[C@H](c4ccc(O)c(O)c4)C3O)c2O[C@@H]1c1ccc(O)c(O)c1)c1cc(O)c(O)c(O)c1. The zero-order valence-corrected chi connectivity index (χ0v) is 26.9. The fourth-order valence-corrected chi connectivity index (χ4v) is 6.72. The third-order valence-electron chi connectivity index (χ3n) is 9.22. The van der Waals surface area contributed by atoms with Gasteiger partial charge in [0.15, 0.2) is 52.5 Å². The first kappa shape index (κ1) is 34.4. The van der Waals surface area contributed by atoms with Gasteiger partial charge >= 0.3 is 5.97 Å². The molecular weight excluding hydrogens is 700 g/mol. The van der Waals surface area contributed by atoms with E-state index in [2.05, 4.69) is 0 Å². The van der Waals surface area contributed by atoms with Crippen LogP contribution >= 0.6 is 0 Å². The van der Waals surface area contributed by atoms with Crippen LogP contribution in [-0.4, -0.2) is 79.5 Å². The van der Waals surface area contributed by atoms with Gasteiger partial charge in [-0.15, -0.1) is 0 Å². The molecule has 0 amide bonds. The van der Waals surface area contributed by atoms with Crippen LogP contribution in [0.3, 0.4) is 0 Å². The number of phenols is 11. The second-order valence-electron chi connectivity index (χ2n) is 12.6. The Morgan fingerprint density at radius 1 is 0.585 bits per heavy atom. The molecule has 5 aromatic carbocycles. The molecule has 12 N–H and O–H groups in total. The van der Waals surface area contributed by atoms with E-state index in [0.29, 0.717) is 0 Å². The minimum Gasteiger partial charge on any atom is -0.508 e. The third-order valence-corrected chi connectivity index (χ3v) is 9.22. The van der Waals surface area contributed by atoms with Crippen LogP contribution in [0, 0.1) is 0 Å². The Balaban J connectivity index is 1.39. The van der Waals surface area contributed by atoms with Crippen molar-refractivity contribution in [2.45, 2.75) is 36.8 Å². The maximum Gasteiger partial charge on any atom is 0.338 e. The average molecular weight is 731 g/mol. The van der Waals surface area contributed by atoms with E-state index in [0.717, 1.165) is 54.6 Å². The number of hydrogen-bond acceptors (Lipinski definition) is 16. The summed E-state index contributed by atoms with van der Waals surface area (Å²) in [6.07, 6.45) is -6.22. The van der Waals surface area contributed by atoms with Gasteiger partial charge in [0.25, 0.3) is 0 Å². The standard InChI is InChI=1S/C37H30O16/c38-16-9-23(44)29-27(10-16)51-35(14-2-4-19(40)22(43)6-14)33(49)31(29)30-24(45)12-20(41)17-11-28(52-37(50)15-7-25(46)32(48)26(47)8-15)34(53-36(17)30)13-1-3-18(39)21(42)5-13/h1-10,12,28,31,33-35,38-49H,11H2/t28?,31?,33?,34-,35-/m1/s1. The van der Waals surface area contributed by atoms with Gasteiger partial charge in [-0.1, -0.05) is 12.1 Å². The Labute approximate surface area is 297 Å². The van der Waals surface area contributed by atoms with Crippen molar-refractivity contribution in [3.63, 3.8) is 0 Å². The molecule has 5 atom stereocenters. The van der Waals surface area contributed by atoms with E-state index in [1.165, 1.54) is 12.1 Å². The maximum absolute atomic E-state index is 13.4. The van der Waals surface area contributed by atoms with Gasteiger partial charge in [-0.25, -0.2) is 4.79 Å². The van der Waals surface area contributed by atoms with E-state index in [1.54, 1.807) is 0 Å². The molecule has 2 aliphatic rings. The molecule has 2 heterocycles. The Morgan fingerprint density at radius 3 is 1.77 bits per heavy atom. The summed E-state index contributed by atoms with van der Waals surface area (Å²) in [5.41, 5.74) is -0.556. The van der Waals surface area contributed by atoms with Crippen LogP contribution in [0.5, 0.6) is 74.7 Å². The zero-order valence-electron chi connectivity index (χ0n) is 26.9. The van der Waals surface area contributed by atoms with E-state index < -0.39 is 105 Å². The molecule has 2 aliphatic heterocycles. The largest absolute Gasteiger partial charge is 0.508 e. The van der Waals surface area contributed by atoms with Gasteiger partial charge in [0.2, 0.25) is 0 Å². The maximum atomic E-state index is 13.4. The molecule has 0 saturated heterocycles. The van der Waals surface area contributed by atoms with Crippen molar-refractivity contribution in [2.75, 3.05) is 0 Å². The van der Waals surface area contributed by atoms with Crippen molar-refractivity contribution in [3.05, 3.63) is 100 Å². The van der Waals surface area contributed by atoms with E-state index in [9.17, 15) is 66.1 Å². The lowest BCUT2D eigenvalue weighted by atomic mass is 9.77. The Bertz CT molecular complexity index is 2280. The summed E-state index contributed by atoms with van der Waals surface area (Å²) >= 11 is 0. The molecule has 53 heavy (non-hydrogen) atoms. The third kappa shape index (κ3) is 5.85. The van der Waals surface area contributed by atoms with Crippen molar-refractivity contribution in [1.29, 1.82) is 0 Å². The second-order valence-corrected chi connectivity index (χ2v) is 12.6. The number of carbonyl (C=O) groups excluding carboxylic acids is 1. The van der Waals surface area contributed by atoms with Crippen molar-refractivity contribution in [3.8, 4) is 74.7 Å². The molecular formula is C37H30O16. The summed E-state index contributed by atoms with van der Waals surface area (Å²) in [7, 11) is 0. The molecule has 0 fully saturated rings. The van der Waals surface area contributed by atoms with E-state index in [-0.39, 0.29) is 45.7 Å². The van der Waals surface area contributed by atoms with Crippen LogP contribution < -0.4 is 9.47 Å². The molecule has 0 aliphatic carbocycles. The molecule has 16 heteroatoms. The van der Waals surface area contributed by atoms with Crippen LogP contribution in [0.25, 0.3) is 0 Å². The molecule has 0 aromatic heterocycles. The molecule has 0 saturated carbocycles. The number of aromatic hydroxyl groups is 11. The van der Waals surface area contributed by atoms with Gasteiger partial charge in [-0.2, -0.15) is 0 Å². The predicted octanol–water partition coefficient (Wildman–Crippen LogP) is 3.98. The highest BCUT2D eigenvalue weighted by Crippen LogP contribution is 2.57. The summed E-state index contributed by atoms with van der Waals surface area (Å²) < 4.78 is 18.1. The number of carbonyl (C=O) groups is 1. The summed E-state index contributed by atoms with van der Waals surface area (Å²) in [5, 5.41) is 126. The van der Waals surface area contributed by atoms with Crippen LogP contribution in [0.4, 0.5) is 0 Å². The van der Waals surface area contributed by atoms with Crippen LogP contribution in [0.2, 0.25) is 0 Å². The topological polar surface area (TPSA) is 288 Å². The fraction of sp³-hybridized carbons (Fsp3) is 0.162. The lowest BCUT2D eigenvalue weighted by molar-refractivity contribution is -0.0210. The lowest BCUT2D eigenvalue weighted by Crippen LogP contribution is -2.38. The molecule has 274 valence electrons. The van der Waals surface area contributed by atoms with Crippen molar-refractivity contribution >= 4 is 5.97 Å². The van der Waals surface area contributed by atoms with E-state index >= 15 is 0 Å². The minimum atomic E-state index is -1.72. The van der Waals surface area contributed by atoms with Gasteiger partial charge in [0.05, 0.1) is 11.5 Å². The van der Waals surface area contributed by atoms with Gasteiger partial charge in [0, 0.05) is 46.9 Å². The van der Waals surface area contributed by atoms with Gasteiger partial charge in [-0.3, -0.25) is 0 Å². The molecule has 7 rings (SSSR count). The number of ether oxygens (including phenoxy) is 3. The smallest absolute Gasteiger partial charge is 0.338 e. The molecule has 5 aromatic rings. The number of fused-ring (bicyclic) bond motifs is 2. The molecule has 16 nitrogen and oxygen atoms in total. The van der Waals surface area contributed by atoms with E-state index in [4.69, 9.17) is 14.2 Å². The lowest BCUT2D eigenvalue weighted by Gasteiger charge is -2.40. The summed E-state index contributed by atoms with van der Waals surface area (Å²) in [4.78, 5) is 13.4. The number of phenolic OH excluding ortho intramolecular Hbond substituents is 11. The Hall–Kier alpha value is -7.07. The number of esters is 1. The van der Waals surface area contributed by atoms with Gasteiger partial charge in [-0.05, 0) is 42.0 Å². The highest BCUT2D eigenvalue weighted by atomic mass is 16.6. The van der Waals surface area contributed by atoms with Crippen molar-refractivity contribution in [2.24, 2.45) is 0 Å². The van der Waals surface area contributed by atoms with Crippen LogP contribution in [-0.2, 0) is 11.2 Å². The second kappa shape index (κ2) is 12.6. The van der Waals surface area contributed by atoms with Crippen LogP contribution in [0.1, 0.15) is 56.3 Å². The molecule has 3 unspecified atom stereocenters. The first-order valence-corrected chi connectivity index (χ1v) is 15.8. The first-order valence-electron chi connectivity index (χ1n) is 15.8. The number of rotatable bonds is 5. The van der Waals surface area contributed by atoms with Gasteiger partial charge < -0.3 is 75.5 Å². The number of aliphatic hydroxyl groups is 1. The molecule has 0 spiro atoms. The Morgan fingerprint density at radius 2 is 1.17 bits per heavy atom. The zero-order chi connectivity index (χ0) is 38.0. The van der Waals surface area contributed by atoms with Crippen molar-refractivity contribution < 1.29 is 80.3 Å². The summed E-state index contributed by atoms with van der Waals surface area (Å²) in [6, 6.07) is 11.9. The minimum absolute atomic E-state index is 0.0661. The number of benzene rings is 5. The monoisotopic (exact) mass is 730 g/mol. The number of hydrogen-bond donors (Lipinski definition) is 12. The molecule has 0 bridgehead atoms.